The van der Waals surface area contributed by atoms with Crippen LogP contribution in [0.15, 0.2) is 48.1 Å². The molecule has 0 fully saturated rings. The minimum atomic E-state index is -0.606. The van der Waals surface area contributed by atoms with E-state index in [1.165, 1.54) is 7.11 Å². The van der Waals surface area contributed by atoms with Crippen molar-refractivity contribution < 1.29 is 24.1 Å². The Hall–Kier alpha value is -3.25. The second-order valence-electron chi connectivity index (χ2n) is 9.92. The zero-order chi connectivity index (χ0) is 24.0. The van der Waals surface area contributed by atoms with Crippen molar-refractivity contribution in [3.63, 3.8) is 0 Å². The third-order valence-corrected chi connectivity index (χ3v) is 6.76. The van der Waals surface area contributed by atoms with Gasteiger partial charge in [0.05, 0.1) is 19.3 Å². The van der Waals surface area contributed by atoms with Gasteiger partial charge in [-0.3, -0.25) is 0 Å². The number of carbonyl (C=O) groups is 1. The van der Waals surface area contributed by atoms with Crippen LogP contribution >= 0.6 is 0 Å². The molecule has 178 valence electrons. The summed E-state index contributed by atoms with van der Waals surface area (Å²) in [6, 6.07) is 9.31. The first kappa shape index (κ1) is 22.5. The molecule has 0 saturated carbocycles. The number of hydrogen-bond acceptors (Lipinski definition) is 6. The van der Waals surface area contributed by atoms with Crippen LogP contribution in [0.2, 0.25) is 0 Å². The Kier molecular flexibility index (Phi) is 5.64. The highest BCUT2D eigenvalue weighted by molar-refractivity contribution is 5.90. The molecule has 0 bridgehead atoms. The summed E-state index contributed by atoms with van der Waals surface area (Å²) in [5.74, 6) is 0.723. The Morgan fingerprint density at radius 1 is 1.24 bits per heavy atom. The van der Waals surface area contributed by atoms with Gasteiger partial charge in [0.15, 0.2) is 0 Å². The van der Waals surface area contributed by atoms with Gasteiger partial charge in [0.1, 0.15) is 11.5 Å². The lowest BCUT2D eigenvalue weighted by Crippen LogP contribution is -2.33. The number of carbonyl (C=O) groups excluding carboxylic acids is 1. The summed E-state index contributed by atoms with van der Waals surface area (Å²) in [4.78, 5) is 12.0. The highest BCUT2D eigenvalue weighted by Gasteiger charge is 2.35. The number of hydrogen-bond donors (Lipinski definition) is 2. The topological polar surface area (TPSA) is 77.0 Å². The maximum absolute atomic E-state index is 12.0. The fraction of sp³-hybridized carbons (Fsp3) is 0.393. The third-order valence-electron chi connectivity index (χ3n) is 6.76. The molecule has 2 N–H and O–H groups in total. The van der Waals surface area contributed by atoms with Crippen molar-refractivity contribution in [2.45, 2.75) is 51.9 Å². The highest BCUT2D eigenvalue weighted by Crippen LogP contribution is 2.50. The number of rotatable bonds is 4. The molecule has 0 unspecified atom stereocenters. The number of allylic oxidation sites excluding steroid dienone is 1. The van der Waals surface area contributed by atoms with E-state index in [4.69, 9.17) is 14.2 Å². The Morgan fingerprint density at radius 3 is 2.85 bits per heavy atom. The van der Waals surface area contributed by atoms with Gasteiger partial charge in [0, 0.05) is 33.9 Å². The van der Waals surface area contributed by atoms with Gasteiger partial charge in [-0.15, -0.1) is 0 Å². The van der Waals surface area contributed by atoms with Crippen LogP contribution in [0.1, 0.15) is 57.5 Å². The van der Waals surface area contributed by atoms with Crippen molar-refractivity contribution in [1.29, 1.82) is 0 Å². The maximum atomic E-state index is 12.0. The molecule has 0 radical (unpaired) electrons. The molecular formula is C28H31NO5. The van der Waals surface area contributed by atoms with Gasteiger partial charge >= 0.3 is 5.97 Å². The molecule has 0 aromatic heterocycles. The molecule has 2 atom stereocenters. The molecule has 2 aromatic rings. The molecule has 2 aliphatic heterocycles. The van der Waals surface area contributed by atoms with E-state index in [9.17, 15) is 9.90 Å². The molecular weight excluding hydrogens is 430 g/mol. The molecule has 0 spiro atoms. The number of ether oxygens (including phenoxy) is 3. The second-order valence-corrected chi connectivity index (χ2v) is 9.92. The summed E-state index contributed by atoms with van der Waals surface area (Å²) in [6.07, 6.45) is 6.21. The molecule has 0 amide bonds. The molecule has 1 aliphatic carbocycles. The summed E-state index contributed by atoms with van der Waals surface area (Å²) in [6.45, 7) is 6.84. The highest BCUT2D eigenvalue weighted by atomic mass is 16.7. The molecule has 2 aromatic carbocycles. The second kappa shape index (κ2) is 8.51. The lowest BCUT2D eigenvalue weighted by Gasteiger charge is -2.37. The van der Waals surface area contributed by atoms with E-state index in [1.54, 1.807) is 18.2 Å². The van der Waals surface area contributed by atoms with E-state index >= 15 is 0 Å². The van der Waals surface area contributed by atoms with Crippen LogP contribution in [0.3, 0.4) is 0 Å². The number of esters is 1. The minimum Gasteiger partial charge on any atom is -0.508 e. The average Bonchev–Trinajstić information content (AvgIpc) is 2.81. The zero-order valence-corrected chi connectivity index (χ0v) is 20.1. The van der Waals surface area contributed by atoms with E-state index in [1.807, 2.05) is 6.08 Å². The molecule has 2 heterocycles. The quantitative estimate of drug-likeness (QED) is 0.546. The monoisotopic (exact) mass is 461 g/mol. The van der Waals surface area contributed by atoms with Crippen molar-refractivity contribution in [2.24, 2.45) is 5.92 Å². The van der Waals surface area contributed by atoms with E-state index in [0.29, 0.717) is 12.4 Å². The number of fused-ring (bicyclic) bond motifs is 5. The molecule has 0 saturated heterocycles. The third kappa shape index (κ3) is 4.07. The number of nitrogens with one attached hydrogen (secondary N) is 1. The van der Waals surface area contributed by atoms with Gasteiger partial charge < -0.3 is 24.6 Å². The van der Waals surface area contributed by atoms with Crippen LogP contribution in [0, 0.1) is 5.92 Å². The van der Waals surface area contributed by atoms with Gasteiger partial charge in [-0.05, 0) is 75.4 Å². The lowest BCUT2D eigenvalue weighted by molar-refractivity contribution is -0.136. The van der Waals surface area contributed by atoms with Crippen molar-refractivity contribution in [2.75, 3.05) is 19.0 Å². The van der Waals surface area contributed by atoms with Crippen LogP contribution in [0.4, 0.5) is 5.69 Å². The standard InChI is InChI=1S/C28H31NO5/c1-16-14-28(2,3)29-22-10-9-20-21-13-19(30)8-11-23(21)34-27(25(20)24(16)22)33-15-17-6-5-7-18(12-17)26(31)32-4/h8-14,17,27,29-30H,5-7,15H2,1-4H3/t17-,27-/m0/s1. The van der Waals surface area contributed by atoms with Gasteiger partial charge in [-0.25, -0.2) is 4.79 Å². The maximum Gasteiger partial charge on any atom is 0.333 e. The van der Waals surface area contributed by atoms with Gasteiger partial charge in [-0.2, -0.15) is 0 Å². The first-order chi connectivity index (χ1) is 16.3. The fourth-order valence-electron chi connectivity index (χ4n) is 5.40. The predicted octanol–water partition coefficient (Wildman–Crippen LogP) is 5.97. The number of phenols is 1. The first-order valence-electron chi connectivity index (χ1n) is 11.8. The average molecular weight is 462 g/mol. The largest absolute Gasteiger partial charge is 0.508 e. The van der Waals surface area contributed by atoms with Crippen LogP contribution in [-0.2, 0) is 14.3 Å². The summed E-state index contributed by atoms with van der Waals surface area (Å²) >= 11 is 0. The van der Waals surface area contributed by atoms with Crippen LogP contribution in [-0.4, -0.2) is 30.3 Å². The molecule has 5 rings (SSSR count). The fourth-order valence-corrected chi connectivity index (χ4v) is 5.40. The molecule has 3 aliphatic rings. The molecule has 6 heteroatoms. The molecule has 34 heavy (non-hydrogen) atoms. The van der Waals surface area contributed by atoms with Crippen LogP contribution in [0.5, 0.6) is 11.5 Å². The number of benzene rings is 2. The van der Waals surface area contributed by atoms with Crippen molar-refractivity contribution in [3.05, 3.63) is 59.2 Å². The Morgan fingerprint density at radius 2 is 2.06 bits per heavy atom. The smallest absolute Gasteiger partial charge is 0.333 e. The summed E-state index contributed by atoms with van der Waals surface area (Å²) in [5.41, 5.74) is 6.62. The first-order valence-corrected chi connectivity index (χ1v) is 11.8. The van der Waals surface area contributed by atoms with E-state index in [0.717, 1.165) is 58.3 Å². The lowest BCUT2D eigenvalue weighted by atomic mass is 9.83. The minimum absolute atomic E-state index is 0.115. The summed E-state index contributed by atoms with van der Waals surface area (Å²) in [5, 5.41) is 13.8. The van der Waals surface area contributed by atoms with Crippen molar-refractivity contribution >= 4 is 17.2 Å². The summed E-state index contributed by atoms with van der Waals surface area (Å²) < 4.78 is 17.7. The number of phenolic OH excluding ortho intramolecular Hbond substituents is 1. The van der Waals surface area contributed by atoms with E-state index < -0.39 is 6.29 Å². The SMILES string of the molecule is COC(=O)C1=C[C@@H](CO[C@H]2Oc3ccc(O)cc3-c3ccc4c(c32)C(C)=CC(C)(C)N4)CCC1. The summed E-state index contributed by atoms with van der Waals surface area (Å²) in [7, 11) is 1.42. The van der Waals surface area contributed by atoms with Crippen molar-refractivity contribution in [1.82, 2.24) is 0 Å². The number of anilines is 1. The van der Waals surface area contributed by atoms with Crippen molar-refractivity contribution in [3.8, 4) is 22.6 Å². The predicted molar refractivity (Wildman–Crippen MR) is 132 cm³/mol. The zero-order valence-electron chi connectivity index (χ0n) is 20.1. The Bertz CT molecular complexity index is 1210. The van der Waals surface area contributed by atoms with E-state index in [2.05, 4.69) is 44.3 Å². The number of aromatic hydroxyl groups is 1. The van der Waals surface area contributed by atoms with Gasteiger partial charge in [-0.1, -0.05) is 18.2 Å². The van der Waals surface area contributed by atoms with E-state index in [-0.39, 0.29) is 23.2 Å². The normalized spacial score (nSPS) is 22.1. The van der Waals surface area contributed by atoms with Gasteiger partial charge in [0.2, 0.25) is 6.29 Å². The number of methoxy groups -OCH3 is 1. The Balaban J connectivity index is 1.53. The van der Waals surface area contributed by atoms with Crippen LogP contribution < -0.4 is 10.1 Å². The van der Waals surface area contributed by atoms with Gasteiger partial charge in [0.25, 0.3) is 0 Å². The molecule has 6 nitrogen and oxygen atoms in total. The van der Waals surface area contributed by atoms with Crippen LogP contribution in [0.25, 0.3) is 16.7 Å². The Labute approximate surface area is 200 Å².